The SMILES string of the molecule is CCNC(=NCCc1ccc(OCC(=O)NC2CC2)cc1)NCCc1ccccc1. The number of hydrogen-bond acceptors (Lipinski definition) is 3. The Morgan fingerprint density at radius 3 is 2.43 bits per heavy atom. The van der Waals surface area contributed by atoms with Crippen LogP contribution in [0.5, 0.6) is 5.75 Å². The molecule has 6 heteroatoms. The van der Waals surface area contributed by atoms with Gasteiger partial charge in [-0.15, -0.1) is 0 Å². The summed E-state index contributed by atoms with van der Waals surface area (Å²) in [6.45, 7) is 4.51. The number of ether oxygens (including phenoxy) is 1. The van der Waals surface area contributed by atoms with Gasteiger partial charge in [-0.3, -0.25) is 9.79 Å². The van der Waals surface area contributed by atoms with E-state index >= 15 is 0 Å². The van der Waals surface area contributed by atoms with Crippen molar-refractivity contribution in [2.24, 2.45) is 4.99 Å². The Kier molecular flexibility index (Phi) is 8.57. The summed E-state index contributed by atoms with van der Waals surface area (Å²) in [5, 5.41) is 9.60. The normalized spacial score (nSPS) is 13.6. The first-order valence-corrected chi connectivity index (χ1v) is 10.8. The lowest BCUT2D eigenvalue weighted by atomic mass is 10.1. The van der Waals surface area contributed by atoms with Crippen molar-refractivity contribution in [2.45, 2.75) is 38.6 Å². The molecule has 3 N–H and O–H groups in total. The molecule has 0 saturated heterocycles. The van der Waals surface area contributed by atoms with Gasteiger partial charge in [0.15, 0.2) is 12.6 Å². The summed E-state index contributed by atoms with van der Waals surface area (Å²) in [6.07, 6.45) is 3.98. The van der Waals surface area contributed by atoms with Crippen molar-refractivity contribution in [2.75, 3.05) is 26.2 Å². The summed E-state index contributed by atoms with van der Waals surface area (Å²) in [6, 6.07) is 18.7. The third-order valence-electron chi connectivity index (χ3n) is 4.80. The lowest BCUT2D eigenvalue weighted by Gasteiger charge is -2.11. The molecule has 0 atom stereocenters. The van der Waals surface area contributed by atoms with Crippen LogP contribution in [0.4, 0.5) is 0 Å². The molecule has 0 aliphatic heterocycles. The Labute approximate surface area is 179 Å². The first kappa shape index (κ1) is 21.7. The number of guanidine groups is 1. The van der Waals surface area contributed by atoms with E-state index in [0.29, 0.717) is 18.3 Å². The molecule has 160 valence electrons. The standard InChI is InChI=1S/C24H32N4O2/c1-2-25-24(26-16-14-19-6-4-3-5-7-19)27-17-15-20-8-12-22(13-9-20)30-18-23(29)28-21-10-11-21/h3-9,12-13,21H,2,10-11,14-18H2,1H3,(H,28,29)(H2,25,26,27). The molecular weight excluding hydrogens is 376 g/mol. The minimum atomic E-state index is -0.0494. The average Bonchev–Trinajstić information content (AvgIpc) is 3.58. The third kappa shape index (κ3) is 8.15. The number of carbonyl (C=O) groups is 1. The number of nitrogens with one attached hydrogen (secondary N) is 3. The van der Waals surface area contributed by atoms with Gasteiger partial charge in [-0.05, 0) is 55.9 Å². The van der Waals surface area contributed by atoms with Crippen molar-refractivity contribution in [3.63, 3.8) is 0 Å². The number of aliphatic imine (C=N–C) groups is 1. The van der Waals surface area contributed by atoms with Crippen molar-refractivity contribution < 1.29 is 9.53 Å². The predicted octanol–water partition coefficient (Wildman–Crippen LogP) is 2.68. The minimum absolute atomic E-state index is 0.0494. The minimum Gasteiger partial charge on any atom is -0.484 e. The van der Waals surface area contributed by atoms with Crippen molar-refractivity contribution >= 4 is 11.9 Å². The van der Waals surface area contributed by atoms with Gasteiger partial charge in [-0.1, -0.05) is 42.5 Å². The molecular formula is C24H32N4O2. The van der Waals surface area contributed by atoms with Crippen LogP contribution in [0.2, 0.25) is 0 Å². The molecule has 0 spiro atoms. The van der Waals surface area contributed by atoms with Gasteiger partial charge in [0.25, 0.3) is 5.91 Å². The molecule has 1 saturated carbocycles. The number of nitrogens with zero attached hydrogens (tertiary/aromatic N) is 1. The predicted molar refractivity (Wildman–Crippen MR) is 121 cm³/mol. The molecule has 0 aromatic heterocycles. The first-order chi connectivity index (χ1) is 14.7. The van der Waals surface area contributed by atoms with Crippen LogP contribution in [0, 0.1) is 0 Å². The largest absolute Gasteiger partial charge is 0.484 e. The van der Waals surface area contributed by atoms with E-state index in [4.69, 9.17) is 4.74 Å². The van der Waals surface area contributed by atoms with Crippen molar-refractivity contribution in [1.82, 2.24) is 16.0 Å². The highest BCUT2D eigenvalue weighted by atomic mass is 16.5. The first-order valence-electron chi connectivity index (χ1n) is 10.8. The zero-order chi connectivity index (χ0) is 21.0. The van der Waals surface area contributed by atoms with Crippen LogP contribution in [-0.4, -0.2) is 44.1 Å². The summed E-state index contributed by atoms with van der Waals surface area (Å²) < 4.78 is 5.55. The Bertz CT molecular complexity index is 802. The van der Waals surface area contributed by atoms with Gasteiger partial charge in [0.2, 0.25) is 0 Å². The van der Waals surface area contributed by atoms with E-state index in [9.17, 15) is 4.79 Å². The van der Waals surface area contributed by atoms with E-state index in [2.05, 4.69) is 52.1 Å². The van der Waals surface area contributed by atoms with E-state index in [0.717, 1.165) is 44.7 Å². The van der Waals surface area contributed by atoms with Gasteiger partial charge in [0.05, 0.1) is 0 Å². The second-order valence-electron chi connectivity index (χ2n) is 7.45. The Hall–Kier alpha value is -3.02. The lowest BCUT2D eigenvalue weighted by molar-refractivity contribution is -0.123. The summed E-state index contributed by atoms with van der Waals surface area (Å²) in [4.78, 5) is 16.4. The molecule has 2 aromatic carbocycles. The molecule has 0 bridgehead atoms. The van der Waals surface area contributed by atoms with Crippen LogP contribution in [0.25, 0.3) is 0 Å². The fraction of sp³-hybridized carbons (Fsp3) is 0.417. The fourth-order valence-corrected chi connectivity index (χ4v) is 3.01. The van der Waals surface area contributed by atoms with E-state index < -0.39 is 0 Å². The third-order valence-corrected chi connectivity index (χ3v) is 4.80. The van der Waals surface area contributed by atoms with E-state index in [1.54, 1.807) is 0 Å². The van der Waals surface area contributed by atoms with Crippen LogP contribution in [0.1, 0.15) is 30.9 Å². The topological polar surface area (TPSA) is 74.8 Å². The van der Waals surface area contributed by atoms with Crippen molar-refractivity contribution in [3.05, 3.63) is 65.7 Å². The molecule has 0 unspecified atom stereocenters. The summed E-state index contributed by atoms with van der Waals surface area (Å²) in [7, 11) is 0. The number of carbonyl (C=O) groups excluding carboxylic acids is 1. The molecule has 1 fully saturated rings. The van der Waals surface area contributed by atoms with Crippen LogP contribution in [-0.2, 0) is 17.6 Å². The fourth-order valence-electron chi connectivity index (χ4n) is 3.01. The molecule has 1 aliphatic rings. The highest BCUT2D eigenvalue weighted by Crippen LogP contribution is 2.18. The van der Waals surface area contributed by atoms with Crippen LogP contribution in [0.3, 0.4) is 0 Å². The monoisotopic (exact) mass is 408 g/mol. The molecule has 0 radical (unpaired) electrons. The van der Waals surface area contributed by atoms with E-state index in [-0.39, 0.29) is 12.5 Å². The Balaban J connectivity index is 1.38. The summed E-state index contributed by atoms with van der Waals surface area (Å²) in [5.74, 6) is 1.51. The highest BCUT2D eigenvalue weighted by molar-refractivity contribution is 5.79. The van der Waals surface area contributed by atoms with Gasteiger partial charge in [-0.2, -0.15) is 0 Å². The zero-order valence-corrected chi connectivity index (χ0v) is 17.7. The Morgan fingerprint density at radius 1 is 1.00 bits per heavy atom. The van der Waals surface area contributed by atoms with Crippen LogP contribution >= 0.6 is 0 Å². The average molecular weight is 409 g/mol. The molecule has 6 nitrogen and oxygen atoms in total. The van der Waals surface area contributed by atoms with Crippen molar-refractivity contribution in [1.29, 1.82) is 0 Å². The van der Waals surface area contributed by atoms with Gasteiger partial charge in [0, 0.05) is 25.7 Å². The molecule has 2 aromatic rings. The molecule has 3 rings (SSSR count). The molecule has 1 aliphatic carbocycles. The zero-order valence-electron chi connectivity index (χ0n) is 17.7. The number of amides is 1. The number of hydrogen-bond donors (Lipinski definition) is 3. The van der Waals surface area contributed by atoms with E-state index in [1.807, 2.05) is 30.3 Å². The maximum Gasteiger partial charge on any atom is 0.258 e. The summed E-state index contributed by atoms with van der Waals surface area (Å²) in [5.41, 5.74) is 2.50. The van der Waals surface area contributed by atoms with Crippen molar-refractivity contribution in [3.8, 4) is 5.75 Å². The smallest absolute Gasteiger partial charge is 0.258 e. The van der Waals surface area contributed by atoms with Gasteiger partial charge >= 0.3 is 0 Å². The van der Waals surface area contributed by atoms with Crippen LogP contribution < -0.4 is 20.7 Å². The van der Waals surface area contributed by atoms with Gasteiger partial charge < -0.3 is 20.7 Å². The maximum absolute atomic E-state index is 11.7. The quantitative estimate of drug-likeness (QED) is 0.395. The second-order valence-corrected chi connectivity index (χ2v) is 7.45. The van der Waals surface area contributed by atoms with Gasteiger partial charge in [-0.25, -0.2) is 0 Å². The molecule has 0 heterocycles. The van der Waals surface area contributed by atoms with Gasteiger partial charge in [0.1, 0.15) is 5.75 Å². The highest BCUT2D eigenvalue weighted by Gasteiger charge is 2.23. The van der Waals surface area contributed by atoms with Crippen LogP contribution in [0.15, 0.2) is 59.6 Å². The summed E-state index contributed by atoms with van der Waals surface area (Å²) >= 11 is 0. The molecule has 1 amide bonds. The lowest BCUT2D eigenvalue weighted by Crippen LogP contribution is -2.38. The second kappa shape index (κ2) is 11.9. The Morgan fingerprint density at radius 2 is 1.73 bits per heavy atom. The molecule has 30 heavy (non-hydrogen) atoms. The number of benzene rings is 2. The van der Waals surface area contributed by atoms with E-state index in [1.165, 1.54) is 11.1 Å². The number of rotatable bonds is 11. The maximum atomic E-state index is 11.7.